The molecule has 2 atom stereocenters. The fraction of sp³-hybridized carbons (Fsp3) is 0.423. The van der Waals surface area contributed by atoms with E-state index in [4.69, 9.17) is 9.15 Å². The lowest BCUT2D eigenvalue weighted by Crippen LogP contribution is -2.41. The highest BCUT2D eigenvalue weighted by Crippen LogP contribution is 2.31. The van der Waals surface area contributed by atoms with Crippen LogP contribution in [-0.4, -0.2) is 52.7 Å². The first-order valence-corrected chi connectivity index (χ1v) is 11.4. The summed E-state index contributed by atoms with van der Waals surface area (Å²) in [7, 11) is 1.67. The molecule has 1 aromatic carbocycles. The summed E-state index contributed by atoms with van der Waals surface area (Å²) in [6, 6.07) is 8.04. The van der Waals surface area contributed by atoms with E-state index in [9.17, 15) is 9.90 Å². The average Bonchev–Trinajstić information content (AvgIpc) is 3.33. The van der Waals surface area contributed by atoms with E-state index in [1.165, 1.54) is 12.0 Å². The largest absolute Gasteiger partial charge is 0.497 e. The van der Waals surface area contributed by atoms with Crippen LogP contribution in [0.5, 0.6) is 5.75 Å². The van der Waals surface area contributed by atoms with Crippen LogP contribution < -0.4 is 4.74 Å². The summed E-state index contributed by atoms with van der Waals surface area (Å²) in [5.74, 6) is 7.27. The van der Waals surface area contributed by atoms with Crippen LogP contribution in [-0.2, 0) is 11.2 Å². The molecule has 1 aliphatic rings. The number of carbonyl (C=O) groups is 1. The van der Waals surface area contributed by atoms with Gasteiger partial charge in [-0.05, 0) is 79.8 Å². The molecule has 0 saturated carbocycles. The van der Waals surface area contributed by atoms with Gasteiger partial charge < -0.3 is 14.3 Å². The number of hydrogen-bond acceptors (Lipinski definition) is 6. The van der Waals surface area contributed by atoms with Crippen LogP contribution in [0.1, 0.15) is 37.0 Å². The highest BCUT2D eigenvalue weighted by Gasteiger charge is 2.30. The van der Waals surface area contributed by atoms with E-state index in [-0.39, 0.29) is 12.3 Å². The van der Waals surface area contributed by atoms with Gasteiger partial charge in [-0.2, -0.15) is 0 Å². The Bertz CT molecular complexity index is 1130. The highest BCUT2D eigenvalue weighted by molar-refractivity contribution is 5.83. The molecule has 0 unspecified atom stereocenters. The predicted octanol–water partition coefficient (Wildman–Crippen LogP) is 4.02. The number of fused-ring (bicyclic) bond motifs is 1. The Balaban J connectivity index is 1.35. The van der Waals surface area contributed by atoms with Gasteiger partial charge in [-0.1, -0.05) is 5.92 Å². The first kappa shape index (κ1) is 22.8. The molecule has 0 spiro atoms. The second-order valence-corrected chi connectivity index (χ2v) is 8.55. The van der Waals surface area contributed by atoms with Gasteiger partial charge in [0.05, 0.1) is 25.4 Å². The van der Waals surface area contributed by atoms with E-state index >= 15 is 0 Å². The number of piperidine rings is 1. The maximum Gasteiger partial charge on any atom is 0.303 e. The summed E-state index contributed by atoms with van der Waals surface area (Å²) in [4.78, 5) is 22.1. The lowest BCUT2D eigenvalue weighted by molar-refractivity contribution is -0.139. The van der Waals surface area contributed by atoms with Crippen molar-refractivity contribution in [3.63, 3.8) is 0 Å². The van der Waals surface area contributed by atoms with Crippen molar-refractivity contribution in [3.8, 4) is 17.6 Å². The lowest BCUT2D eigenvalue weighted by Gasteiger charge is -2.37. The van der Waals surface area contributed by atoms with Crippen molar-refractivity contribution in [2.45, 2.75) is 32.1 Å². The minimum atomic E-state index is -0.730. The molecular formula is C26H29N3O4. The number of carboxylic acid groups (broad SMARTS) is 1. The van der Waals surface area contributed by atoms with Crippen molar-refractivity contribution in [2.75, 3.05) is 26.7 Å². The predicted molar refractivity (Wildman–Crippen MR) is 125 cm³/mol. The number of hydrogen-bond donors (Lipinski definition) is 1. The molecule has 7 nitrogen and oxygen atoms in total. The summed E-state index contributed by atoms with van der Waals surface area (Å²) >= 11 is 0. The minimum absolute atomic E-state index is 0.137. The van der Waals surface area contributed by atoms with Crippen molar-refractivity contribution in [3.05, 3.63) is 54.4 Å². The molecule has 172 valence electrons. The van der Waals surface area contributed by atoms with Crippen molar-refractivity contribution in [2.24, 2.45) is 11.8 Å². The van der Waals surface area contributed by atoms with Crippen LogP contribution in [0.2, 0.25) is 0 Å². The van der Waals surface area contributed by atoms with Gasteiger partial charge in [0.15, 0.2) is 12.2 Å². The standard InChI is InChI=1S/C26H29N3O4/c1-32-22-7-8-25-24(15-22)20(9-11-28-25)5-2-4-19-10-13-29(17-21(19)14-26(30)31)12-3-6-23-16-27-18-33-23/h7-9,11,15-16,18-19,21H,2,4-5,10,12-14,17H2,1H3,(H,30,31)/t19-,21+/m1/s1. The maximum atomic E-state index is 11.5. The SMILES string of the molecule is COc1ccc2nccc(CCC[C@@H]3CCN(CC#Cc4cnco4)C[C@@H]3CC(=O)O)c2c1. The Morgan fingerprint density at radius 2 is 2.24 bits per heavy atom. The average molecular weight is 448 g/mol. The highest BCUT2D eigenvalue weighted by atomic mass is 16.5. The van der Waals surface area contributed by atoms with Crippen molar-refractivity contribution < 1.29 is 19.1 Å². The van der Waals surface area contributed by atoms with Crippen LogP contribution in [0, 0.1) is 23.7 Å². The molecule has 2 aromatic heterocycles. The van der Waals surface area contributed by atoms with Gasteiger partial charge in [0, 0.05) is 24.5 Å². The molecule has 0 aliphatic carbocycles. The van der Waals surface area contributed by atoms with Gasteiger partial charge in [-0.15, -0.1) is 0 Å². The Hall–Kier alpha value is -3.37. The Morgan fingerprint density at radius 1 is 1.33 bits per heavy atom. The van der Waals surface area contributed by atoms with Crippen molar-refractivity contribution >= 4 is 16.9 Å². The zero-order valence-electron chi connectivity index (χ0n) is 18.9. The quantitative estimate of drug-likeness (QED) is 0.522. The number of aromatic nitrogens is 2. The van der Waals surface area contributed by atoms with Crippen LogP contribution in [0.25, 0.3) is 10.9 Å². The Labute approximate surface area is 193 Å². The molecule has 0 radical (unpaired) electrons. The van der Waals surface area contributed by atoms with Gasteiger partial charge in [0.25, 0.3) is 0 Å². The molecule has 1 aliphatic heterocycles. The van der Waals surface area contributed by atoms with Crippen LogP contribution in [0.4, 0.5) is 0 Å². The third kappa shape index (κ3) is 6.11. The third-order valence-electron chi connectivity index (χ3n) is 6.42. The van der Waals surface area contributed by atoms with Crippen LogP contribution >= 0.6 is 0 Å². The Morgan fingerprint density at radius 3 is 3.03 bits per heavy atom. The molecule has 3 aromatic rings. The van der Waals surface area contributed by atoms with Crippen LogP contribution in [0.15, 0.2) is 47.5 Å². The molecule has 0 bridgehead atoms. The zero-order valence-corrected chi connectivity index (χ0v) is 18.9. The van der Waals surface area contributed by atoms with Crippen LogP contribution in [0.3, 0.4) is 0 Å². The van der Waals surface area contributed by atoms with E-state index in [0.29, 0.717) is 18.2 Å². The number of pyridine rings is 1. The number of oxazole rings is 1. The smallest absolute Gasteiger partial charge is 0.303 e. The summed E-state index contributed by atoms with van der Waals surface area (Å²) < 4.78 is 10.5. The molecule has 0 amide bonds. The summed E-state index contributed by atoms with van der Waals surface area (Å²) in [6.07, 6.45) is 8.98. The molecule has 7 heteroatoms. The monoisotopic (exact) mass is 447 g/mol. The molecule has 1 N–H and O–H groups in total. The molecule has 3 heterocycles. The van der Waals surface area contributed by atoms with Gasteiger partial charge in [-0.25, -0.2) is 4.98 Å². The normalized spacial score (nSPS) is 18.6. The minimum Gasteiger partial charge on any atom is -0.497 e. The van der Waals surface area contributed by atoms with E-state index in [0.717, 1.165) is 55.4 Å². The van der Waals surface area contributed by atoms with E-state index < -0.39 is 5.97 Å². The van der Waals surface area contributed by atoms with E-state index in [1.54, 1.807) is 13.3 Å². The number of ether oxygens (including phenoxy) is 1. The molecule has 1 saturated heterocycles. The number of likely N-dealkylation sites (tertiary alicyclic amines) is 1. The Kier molecular flexibility index (Phi) is 7.59. The van der Waals surface area contributed by atoms with Gasteiger partial charge >= 0.3 is 5.97 Å². The third-order valence-corrected chi connectivity index (χ3v) is 6.42. The fourth-order valence-corrected chi connectivity index (χ4v) is 4.73. The number of benzene rings is 1. The zero-order chi connectivity index (χ0) is 23.0. The number of aliphatic carboxylic acids is 1. The molecule has 33 heavy (non-hydrogen) atoms. The first-order chi connectivity index (χ1) is 16.1. The van der Waals surface area contributed by atoms with Gasteiger partial charge in [0.2, 0.25) is 0 Å². The van der Waals surface area contributed by atoms with Crippen molar-refractivity contribution in [1.29, 1.82) is 0 Å². The van der Waals surface area contributed by atoms with Gasteiger partial charge in [0.1, 0.15) is 5.75 Å². The summed E-state index contributed by atoms with van der Waals surface area (Å²) in [6.45, 7) is 2.30. The fourth-order valence-electron chi connectivity index (χ4n) is 4.73. The van der Waals surface area contributed by atoms with Gasteiger partial charge in [-0.3, -0.25) is 14.7 Å². The number of rotatable bonds is 8. The second-order valence-electron chi connectivity index (χ2n) is 8.55. The van der Waals surface area contributed by atoms with Crippen molar-refractivity contribution in [1.82, 2.24) is 14.9 Å². The first-order valence-electron chi connectivity index (χ1n) is 11.4. The molecular weight excluding hydrogens is 418 g/mol. The number of methoxy groups -OCH3 is 1. The van der Waals surface area contributed by atoms with E-state index in [1.807, 2.05) is 24.4 Å². The number of aryl methyl sites for hydroxylation is 1. The molecule has 4 rings (SSSR count). The lowest BCUT2D eigenvalue weighted by atomic mass is 9.80. The number of carboxylic acids is 1. The molecule has 1 fully saturated rings. The maximum absolute atomic E-state index is 11.5. The number of nitrogens with zero attached hydrogens (tertiary/aromatic N) is 3. The van der Waals surface area contributed by atoms with E-state index in [2.05, 4.69) is 32.8 Å². The summed E-state index contributed by atoms with van der Waals surface area (Å²) in [5, 5.41) is 10.6. The summed E-state index contributed by atoms with van der Waals surface area (Å²) in [5.41, 5.74) is 2.23. The topological polar surface area (TPSA) is 88.7 Å². The second kappa shape index (κ2) is 11.0.